The molecule has 0 unspecified atom stereocenters. The van der Waals surface area contributed by atoms with Crippen LogP contribution in [0.4, 0.5) is 0 Å². The van der Waals surface area contributed by atoms with Gasteiger partial charge < -0.3 is 5.11 Å². The Morgan fingerprint density at radius 3 is 2.61 bits per heavy atom. The van der Waals surface area contributed by atoms with Gasteiger partial charge in [0.05, 0.1) is 6.20 Å². The first-order chi connectivity index (χ1) is 8.64. The third-order valence-corrected chi connectivity index (χ3v) is 3.83. The highest BCUT2D eigenvalue weighted by atomic mass is 16.3. The Morgan fingerprint density at radius 1 is 1.39 bits per heavy atom. The fourth-order valence-electron chi connectivity index (χ4n) is 2.61. The Kier molecular flexibility index (Phi) is 4.17. The molecule has 1 aliphatic rings. The monoisotopic (exact) mass is 250 g/mol. The number of rotatable bonds is 4. The number of carbonyl (C=O) groups excluding carboxylic acids is 1. The quantitative estimate of drug-likeness (QED) is 0.833. The second-order valence-corrected chi connectivity index (χ2v) is 5.25. The summed E-state index contributed by atoms with van der Waals surface area (Å²) >= 11 is 0. The van der Waals surface area contributed by atoms with E-state index in [-0.39, 0.29) is 5.78 Å². The number of Topliss-reactive ketones (excluding diaryl/α,β-unsaturated/α-hetero) is 1. The van der Waals surface area contributed by atoms with Crippen LogP contribution in [-0.4, -0.2) is 26.3 Å². The topological polar surface area (TPSA) is 55.1 Å². The number of nitrogens with zero attached hydrogens (tertiary/aromatic N) is 2. The Balaban J connectivity index is 2.01. The minimum absolute atomic E-state index is 0.0416. The van der Waals surface area contributed by atoms with Gasteiger partial charge in [-0.1, -0.05) is 25.7 Å². The molecule has 100 valence electrons. The van der Waals surface area contributed by atoms with Crippen molar-refractivity contribution in [2.24, 2.45) is 0 Å². The number of aromatic nitrogens is 2. The third-order valence-electron chi connectivity index (χ3n) is 3.83. The summed E-state index contributed by atoms with van der Waals surface area (Å²) in [7, 11) is 0. The third kappa shape index (κ3) is 2.99. The lowest BCUT2D eigenvalue weighted by Crippen LogP contribution is -2.39. The van der Waals surface area contributed by atoms with E-state index in [0.29, 0.717) is 19.3 Å². The lowest BCUT2D eigenvalue weighted by molar-refractivity contribution is -0.138. The average Bonchev–Trinajstić information content (AvgIpc) is 2.69. The van der Waals surface area contributed by atoms with E-state index in [1.165, 1.54) is 0 Å². The van der Waals surface area contributed by atoms with Gasteiger partial charge in [0, 0.05) is 19.2 Å². The minimum atomic E-state index is -1.09. The van der Waals surface area contributed by atoms with Gasteiger partial charge in [-0.3, -0.25) is 9.48 Å². The summed E-state index contributed by atoms with van der Waals surface area (Å²) in [5.41, 5.74) is -0.190. The molecule has 0 radical (unpaired) electrons. The first-order valence-corrected chi connectivity index (χ1v) is 6.91. The summed E-state index contributed by atoms with van der Waals surface area (Å²) < 4.78 is 1.81. The standard InChI is InChI=1S/C14H22N2O2/c1-2-16-11-12(10-15-16)9-13(17)14(18)7-5-3-4-6-8-14/h10-11,18H,2-9H2,1H3. The molecule has 1 heterocycles. The summed E-state index contributed by atoms with van der Waals surface area (Å²) in [5, 5.41) is 14.6. The molecule has 4 nitrogen and oxygen atoms in total. The van der Waals surface area contributed by atoms with Crippen LogP contribution in [0.3, 0.4) is 0 Å². The second kappa shape index (κ2) is 5.65. The van der Waals surface area contributed by atoms with E-state index in [1.54, 1.807) is 10.9 Å². The fraction of sp³-hybridized carbons (Fsp3) is 0.714. The van der Waals surface area contributed by atoms with Crippen molar-refractivity contribution in [1.29, 1.82) is 0 Å². The average molecular weight is 250 g/mol. The van der Waals surface area contributed by atoms with Gasteiger partial charge in [-0.15, -0.1) is 0 Å². The van der Waals surface area contributed by atoms with Crippen molar-refractivity contribution >= 4 is 5.78 Å². The molecule has 1 aliphatic carbocycles. The molecule has 0 amide bonds. The van der Waals surface area contributed by atoms with Crippen molar-refractivity contribution < 1.29 is 9.90 Å². The minimum Gasteiger partial charge on any atom is -0.382 e. The van der Waals surface area contributed by atoms with Crippen molar-refractivity contribution in [3.05, 3.63) is 18.0 Å². The fourth-order valence-corrected chi connectivity index (χ4v) is 2.61. The SMILES string of the molecule is CCn1cc(CC(=O)C2(O)CCCCCC2)cn1. The lowest BCUT2D eigenvalue weighted by atomic mass is 9.87. The maximum atomic E-state index is 12.3. The first-order valence-electron chi connectivity index (χ1n) is 6.91. The van der Waals surface area contributed by atoms with Crippen molar-refractivity contribution in [1.82, 2.24) is 9.78 Å². The van der Waals surface area contributed by atoms with Crippen LogP contribution in [0.2, 0.25) is 0 Å². The Bertz CT molecular complexity index is 404. The van der Waals surface area contributed by atoms with Crippen molar-refractivity contribution in [3.8, 4) is 0 Å². The predicted octanol–water partition coefficient (Wildman–Crippen LogP) is 2.10. The molecule has 2 rings (SSSR count). The maximum absolute atomic E-state index is 12.3. The Labute approximate surface area is 108 Å². The first kappa shape index (κ1) is 13.3. The molecule has 1 aromatic rings. The zero-order valence-corrected chi connectivity index (χ0v) is 11.1. The number of aryl methyl sites for hydroxylation is 1. The molecule has 1 N–H and O–H groups in total. The van der Waals surface area contributed by atoms with Crippen LogP contribution in [0, 0.1) is 0 Å². The van der Waals surface area contributed by atoms with E-state index >= 15 is 0 Å². The van der Waals surface area contributed by atoms with E-state index in [0.717, 1.165) is 37.8 Å². The van der Waals surface area contributed by atoms with Crippen LogP contribution in [0.1, 0.15) is 51.0 Å². The van der Waals surface area contributed by atoms with Crippen LogP contribution in [0.5, 0.6) is 0 Å². The molecule has 1 fully saturated rings. The summed E-state index contributed by atoms with van der Waals surface area (Å²) in [6.07, 6.45) is 9.32. The van der Waals surface area contributed by atoms with Gasteiger partial charge in [-0.05, 0) is 25.3 Å². The highest BCUT2D eigenvalue weighted by Gasteiger charge is 2.35. The van der Waals surface area contributed by atoms with E-state index < -0.39 is 5.60 Å². The molecular formula is C14H22N2O2. The number of carbonyl (C=O) groups is 1. The van der Waals surface area contributed by atoms with E-state index in [1.807, 2.05) is 13.1 Å². The van der Waals surface area contributed by atoms with Gasteiger partial charge in [-0.2, -0.15) is 5.10 Å². The lowest BCUT2D eigenvalue weighted by Gasteiger charge is -2.24. The van der Waals surface area contributed by atoms with Crippen LogP contribution in [-0.2, 0) is 17.8 Å². The molecule has 0 aliphatic heterocycles. The van der Waals surface area contributed by atoms with Crippen LogP contribution in [0.15, 0.2) is 12.4 Å². The zero-order valence-electron chi connectivity index (χ0n) is 11.1. The van der Waals surface area contributed by atoms with Crippen molar-refractivity contribution in [3.63, 3.8) is 0 Å². The molecule has 0 spiro atoms. The number of hydrogen-bond acceptors (Lipinski definition) is 3. The Morgan fingerprint density at radius 2 is 2.06 bits per heavy atom. The van der Waals surface area contributed by atoms with Crippen LogP contribution >= 0.6 is 0 Å². The summed E-state index contributed by atoms with van der Waals surface area (Å²) in [6, 6.07) is 0. The van der Waals surface area contributed by atoms with Crippen molar-refractivity contribution in [2.45, 2.75) is 64.0 Å². The highest BCUT2D eigenvalue weighted by molar-refractivity contribution is 5.88. The molecule has 18 heavy (non-hydrogen) atoms. The van der Waals surface area contributed by atoms with Crippen LogP contribution < -0.4 is 0 Å². The predicted molar refractivity (Wildman–Crippen MR) is 69.3 cm³/mol. The molecule has 0 aromatic carbocycles. The van der Waals surface area contributed by atoms with Gasteiger partial charge >= 0.3 is 0 Å². The zero-order chi connectivity index (χ0) is 13.0. The van der Waals surface area contributed by atoms with Crippen LogP contribution in [0.25, 0.3) is 0 Å². The number of aliphatic hydroxyl groups is 1. The highest BCUT2D eigenvalue weighted by Crippen LogP contribution is 2.28. The van der Waals surface area contributed by atoms with Gasteiger partial charge in [0.15, 0.2) is 5.78 Å². The molecule has 1 saturated carbocycles. The summed E-state index contributed by atoms with van der Waals surface area (Å²) in [5.74, 6) is -0.0416. The maximum Gasteiger partial charge on any atom is 0.168 e. The summed E-state index contributed by atoms with van der Waals surface area (Å²) in [6.45, 7) is 2.82. The van der Waals surface area contributed by atoms with E-state index in [9.17, 15) is 9.90 Å². The largest absolute Gasteiger partial charge is 0.382 e. The summed E-state index contributed by atoms with van der Waals surface area (Å²) in [4.78, 5) is 12.3. The van der Waals surface area contributed by atoms with E-state index in [4.69, 9.17) is 0 Å². The molecule has 1 aromatic heterocycles. The van der Waals surface area contributed by atoms with Crippen molar-refractivity contribution in [2.75, 3.05) is 0 Å². The molecule has 0 saturated heterocycles. The normalized spacial score (nSPS) is 19.4. The van der Waals surface area contributed by atoms with Gasteiger partial charge in [0.1, 0.15) is 5.60 Å². The number of ketones is 1. The molecule has 0 bridgehead atoms. The molecular weight excluding hydrogens is 228 g/mol. The second-order valence-electron chi connectivity index (χ2n) is 5.25. The number of hydrogen-bond donors (Lipinski definition) is 1. The van der Waals surface area contributed by atoms with Gasteiger partial charge in [-0.25, -0.2) is 0 Å². The molecule has 0 atom stereocenters. The van der Waals surface area contributed by atoms with Gasteiger partial charge in [0.25, 0.3) is 0 Å². The smallest absolute Gasteiger partial charge is 0.168 e. The Hall–Kier alpha value is -1.16. The van der Waals surface area contributed by atoms with Gasteiger partial charge in [0.2, 0.25) is 0 Å². The molecule has 4 heteroatoms. The van der Waals surface area contributed by atoms with E-state index in [2.05, 4.69) is 5.10 Å².